The van der Waals surface area contributed by atoms with Crippen molar-refractivity contribution in [1.29, 1.82) is 0 Å². The van der Waals surface area contributed by atoms with Gasteiger partial charge in [-0.15, -0.1) is 0 Å². The summed E-state index contributed by atoms with van der Waals surface area (Å²) in [5.74, 6) is 0.704. The predicted octanol–water partition coefficient (Wildman–Crippen LogP) is 0.902. The molecule has 2 fully saturated rings. The molecular formula is C17H23N3O3. The molecule has 2 amide bonds. The number of nitrogens with zero attached hydrogens (tertiary/aromatic N) is 1. The molecule has 23 heavy (non-hydrogen) atoms. The van der Waals surface area contributed by atoms with Crippen LogP contribution in [0.2, 0.25) is 0 Å². The number of hydrogen-bond acceptors (Lipinski definition) is 4. The number of nitrogens with two attached hydrogens (primary N) is 1. The molecule has 2 unspecified atom stereocenters. The standard InChI is InChI=1S/C17H23N3O3/c1-23-15-5-3-2-4-14(15)20-10-12(8-16(20)21)17(22)19-9-13(18)11-6-7-11/h2-5,11-13H,6-10,18H2,1H3,(H,19,22). The van der Waals surface area contributed by atoms with Gasteiger partial charge in [-0.05, 0) is 30.9 Å². The predicted molar refractivity (Wildman–Crippen MR) is 87.2 cm³/mol. The Labute approximate surface area is 136 Å². The van der Waals surface area contributed by atoms with Crippen LogP contribution in [-0.2, 0) is 9.59 Å². The molecule has 0 spiro atoms. The van der Waals surface area contributed by atoms with Crippen molar-refractivity contribution in [2.45, 2.75) is 25.3 Å². The average Bonchev–Trinajstić information content (AvgIpc) is 3.35. The van der Waals surface area contributed by atoms with E-state index in [0.717, 1.165) is 12.8 Å². The van der Waals surface area contributed by atoms with Crippen LogP contribution in [0.5, 0.6) is 5.75 Å². The SMILES string of the molecule is COc1ccccc1N1CC(C(=O)NCC(N)C2CC2)CC1=O. The number of ether oxygens (including phenoxy) is 1. The van der Waals surface area contributed by atoms with Crippen LogP contribution >= 0.6 is 0 Å². The summed E-state index contributed by atoms with van der Waals surface area (Å²) >= 11 is 0. The van der Waals surface area contributed by atoms with Crippen LogP contribution in [0, 0.1) is 11.8 Å². The molecule has 2 atom stereocenters. The number of para-hydroxylation sites is 2. The van der Waals surface area contributed by atoms with Gasteiger partial charge in [0.05, 0.1) is 18.7 Å². The van der Waals surface area contributed by atoms with Crippen LogP contribution < -0.4 is 20.7 Å². The van der Waals surface area contributed by atoms with Crippen molar-refractivity contribution in [1.82, 2.24) is 5.32 Å². The second-order valence-corrected chi connectivity index (χ2v) is 6.32. The Kier molecular flexibility index (Phi) is 4.52. The first-order valence-electron chi connectivity index (χ1n) is 8.07. The van der Waals surface area contributed by atoms with Gasteiger partial charge in [0, 0.05) is 25.6 Å². The Morgan fingerprint density at radius 2 is 2.17 bits per heavy atom. The summed E-state index contributed by atoms with van der Waals surface area (Å²) in [6.45, 7) is 0.868. The lowest BCUT2D eigenvalue weighted by Crippen LogP contribution is -2.41. The Hall–Kier alpha value is -2.08. The number of benzene rings is 1. The quantitative estimate of drug-likeness (QED) is 0.816. The second-order valence-electron chi connectivity index (χ2n) is 6.32. The molecule has 1 aromatic rings. The van der Waals surface area contributed by atoms with Crippen LogP contribution in [0.25, 0.3) is 0 Å². The van der Waals surface area contributed by atoms with Crippen LogP contribution in [0.1, 0.15) is 19.3 Å². The molecule has 124 valence electrons. The molecule has 3 rings (SSSR count). The zero-order valence-corrected chi connectivity index (χ0v) is 13.3. The lowest BCUT2D eigenvalue weighted by atomic mass is 10.1. The number of rotatable bonds is 6. The minimum Gasteiger partial charge on any atom is -0.495 e. The number of methoxy groups -OCH3 is 1. The maximum atomic E-state index is 12.3. The van der Waals surface area contributed by atoms with Crippen molar-refractivity contribution in [3.8, 4) is 5.75 Å². The third-order valence-electron chi connectivity index (χ3n) is 4.61. The van der Waals surface area contributed by atoms with E-state index < -0.39 is 0 Å². The highest BCUT2D eigenvalue weighted by molar-refractivity contribution is 6.01. The van der Waals surface area contributed by atoms with Gasteiger partial charge < -0.3 is 20.7 Å². The molecule has 1 aliphatic heterocycles. The summed E-state index contributed by atoms with van der Waals surface area (Å²) < 4.78 is 5.30. The Morgan fingerprint density at radius 1 is 1.43 bits per heavy atom. The lowest BCUT2D eigenvalue weighted by molar-refractivity contribution is -0.126. The van der Waals surface area contributed by atoms with Crippen molar-refractivity contribution >= 4 is 17.5 Å². The number of nitrogens with one attached hydrogen (secondary N) is 1. The highest BCUT2D eigenvalue weighted by Gasteiger charge is 2.36. The van der Waals surface area contributed by atoms with Crippen molar-refractivity contribution in [3.05, 3.63) is 24.3 Å². The van der Waals surface area contributed by atoms with Gasteiger partial charge in [0.1, 0.15) is 5.75 Å². The van der Waals surface area contributed by atoms with Gasteiger partial charge in [-0.1, -0.05) is 12.1 Å². The maximum Gasteiger partial charge on any atom is 0.227 e. The molecule has 1 aromatic carbocycles. The summed E-state index contributed by atoms with van der Waals surface area (Å²) in [5.41, 5.74) is 6.71. The fourth-order valence-corrected chi connectivity index (χ4v) is 3.02. The van der Waals surface area contributed by atoms with E-state index in [1.54, 1.807) is 12.0 Å². The summed E-state index contributed by atoms with van der Waals surface area (Å²) in [6, 6.07) is 7.38. The van der Waals surface area contributed by atoms with Crippen molar-refractivity contribution in [3.63, 3.8) is 0 Å². The third-order valence-corrected chi connectivity index (χ3v) is 4.61. The van der Waals surface area contributed by atoms with Crippen molar-refractivity contribution in [2.75, 3.05) is 25.1 Å². The van der Waals surface area contributed by atoms with Gasteiger partial charge in [0.15, 0.2) is 0 Å². The smallest absolute Gasteiger partial charge is 0.227 e. The minimum atomic E-state index is -0.334. The number of carbonyl (C=O) groups excluding carboxylic acids is 2. The first kappa shape index (κ1) is 15.8. The third kappa shape index (κ3) is 3.47. The van der Waals surface area contributed by atoms with E-state index >= 15 is 0 Å². The number of anilines is 1. The number of amides is 2. The van der Waals surface area contributed by atoms with Crippen LogP contribution in [0.4, 0.5) is 5.69 Å². The summed E-state index contributed by atoms with van der Waals surface area (Å²) in [7, 11) is 1.57. The zero-order valence-electron chi connectivity index (χ0n) is 13.3. The van der Waals surface area contributed by atoms with E-state index in [-0.39, 0.29) is 30.2 Å². The molecule has 0 bridgehead atoms. The molecule has 3 N–H and O–H groups in total. The van der Waals surface area contributed by atoms with Gasteiger partial charge in [-0.3, -0.25) is 9.59 Å². The summed E-state index contributed by atoms with van der Waals surface area (Å²) in [4.78, 5) is 26.2. The maximum absolute atomic E-state index is 12.3. The largest absolute Gasteiger partial charge is 0.495 e. The van der Waals surface area contributed by atoms with E-state index in [9.17, 15) is 9.59 Å². The van der Waals surface area contributed by atoms with Crippen molar-refractivity contribution in [2.24, 2.45) is 17.6 Å². The average molecular weight is 317 g/mol. The van der Waals surface area contributed by atoms with Crippen LogP contribution in [-0.4, -0.2) is 38.1 Å². The topological polar surface area (TPSA) is 84.7 Å². The normalized spacial score (nSPS) is 22.1. The number of carbonyl (C=O) groups is 2. The van der Waals surface area contributed by atoms with Crippen molar-refractivity contribution < 1.29 is 14.3 Å². The Morgan fingerprint density at radius 3 is 2.87 bits per heavy atom. The fourth-order valence-electron chi connectivity index (χ4n) is 3.02. The summed E-state index contributed by atoms with van der Waals surface area (Å²) in [6.07, 6.45) is 2.53. The zero-order chi connectivity index (χ0) is 16.4. The molecule has 6 heteroatoms. The Bertz CT molecular complexity index is 601. The molecule has 6 nitrogen and oxygen atoms in total. The molecule has 0 aromatic heterocycles. The lowest BCUT2D eigenvalue weighted by Gasteiger charge is -2.19. The molecule has 1 aliphatic carbocycles. The molecule has 1 saturated carbocycles. The van der Waals surface area contributed by atoms with E-state index in [1.807, 2.05) is 24.3 Å². The van der Waals surface area contributed by atoms with Gasteiger partial charge in [-0.25, -0.2) is 0 Å². The van der Waals surface area contributed by atoms with Gasteiger partial charge in [0.25, 0.3) is 0 Å². The molecule has 1 saturated heterocycles. The Balaban J connectivity index is 1.61. The number of hydrogen-bond donors (Lipinski definition) is 2. The highest BCUT2D eigenvalue weighted by Crippen LogP contribution is 2.33. The first-order valence-corrected chi connectivity index (χ1v) is 8.07. The van der Waals surface area contributed by atoms with Crippen LogP contribution in [0.15, 0.2) is 24.3 Å². The second kappa shape index (κ2) is 6.58. The van der Waals surface area contributed by atoms with Gasteiger partial charge in [0.2, 0.25) is 11.8 Å². The van der Waals surface area contributed by atoms with Gasteiger partial charge >= 0.3 is 0 Å². The first-order chi connectivity index (χ1) is 11.1. The van der Waals surface area contributed by atoms with E-state index in [0.29, 0.717) is 30.4 Å². The van der Waals surface area contributed by atoms with E-state index in [4.69, 9.17) is 10.5 Å². The fraction of sp³-hybridized carbons (Fsp3) is 0.529. The molecular weight excluding hydrogens is 294 g/mol. The minimum absolute atomic E-state index is 0.0291. The van der Waals surface area contributed by atoms with Gasteiger partial charge in [-0.2, -0.15) is 0 Å². The molecule has 0 radical (unpaired) electrons. The van der Waals surface area contributed by atoms with Crippen LogP contribution in [0.3, 0.4) is 0 Å². The monoisotopic (exact) mass is 317 g/mol. The molecule has 2 aliphatic rings. The summed E-state index contributed by atoms with van der Waals surface area (Å²) in [5, 5.41) is 2.89. The highest BCUT2D eigenvalue weighted by atomic mass is 16.5. The van der Waals surface area contributed by atoms with E-state index in [2.05, 4.69) is 5.32 Å². The molecule has 1 heterocycles. The van der Waals surface area contributed by atoms with E-state index in [1.165, 1.54) is 0 Å².